The van der Waals surface area contributed by atoms with Gasteiger partial charge in [0.2, 0.25) is 11.8 Å². The number of nitrogens with one attached hydrogen (secondary N) is 2. The Labute approximate surface area is 240 Å². The Morgan fingerprint density at radius 2 is 1.74 bits per heavy atom. The van der Waals surface area contributed by atoms with Gasteiger partial charge in [-0.25, -0.2) is 4.79 Å². The van der Waals surface area contributed by atoms with Crippen LogP contribution in [-0.2, 0) is 19.8 Å². The van der Waals surface area contributed by atoms with E-state index in [1.165, 1.54) is 6.92 Å². The van der Waals surface area contributed by atoms with Crippen LogP contribution >= 0.6 is 12.6 Å². The Morgan fingerprint density at radius 1 is 1.13 bits per heavy atom. The van der Waals surface area contributed by atoms with E-state index in [4.69, 9.17) is 4.74 Å². The molecular weight excluding hydrogens is 514 g/mol. The number of thiol groups is 1. The molecule has 0 saturated carbocycles. The predicted molar refractivity (Wildman–Crippen MR) is 160 cm³/mol. The molecule has 0 saturated heterocycles. The second kappa shape index (κ2) is 14.7. The molecule has 0 heterocycles. The van der Waals surface area contributed by atoms with E-state index in [-0.39, 0.29) is 23.3 Å². The fraction of sp³-hybridized carbons (Fsp3) is 0.633. The van der Waals surface area contributed by atoms with Crippen molar-refractivity contribution >= 4 is 30.4 Å². The van der Waals surface area contributed by atoms with Crippen LogP contribution in [0, 0.1) is 11.3 Å². The van der Waals surface area contributed by atoms with Crippen LogP contribution < -0.4 is 15.4 Å². The summed E-state index contributed by atoms with van der Waals surface area (Å²) in [6.07, 6.45) is 2.43. The molecule has 3 N–H and O–H groups in total. The number of hydrogen-bond acceptors (Lipinski definition) is 6. The molecule has 0 aliphatic heterocycles. The maximum atomic E-state index is 13.8. The summed E-state index contributed by atoms with van der Waals surface area (Å²) >= 11 is 4.23. The lowest BCUT2D eigenvalue weighted by Gasteiger charge is -2.40. The normalized spacial score (nSPS) is 14.9. The molecule has 1 aromatic carbocycles. The van der Waals surface area contributed by atoms with Crippen molar-refractivity contribution in [3.05, 3.63) is 41.5 Å². The van der Waals surface area contributed by atoms with Gasteiger partial charge in [0, 0.05) is 18.0 Å². The minimum absolute atomic E-state index is 0.0317. The first-order chi connectivity index (χ1) is 18.0. The summed E-state index contributed by atoms with van der Waals surface area (Å²) in [6.45, 7) is 15.6. The molecule has 0 unspecified atom stereocenters. The lowest BCUT2D eigenvalue weighted by Crippen LogP contribution is -2.61. The predicted octanol–water partition coefficient (Wildman–Crippen LogP) is 4.30. The van der Waals surface area contributed by atoms with Crippen LogP contribution in [0.2, 0.25) is 0 Å². The maximum Gasteiger partial charge on any atom is 0.331 e. The second-order valence-corrected chi connectivity index (χ2v) is 12.5. The quantitative estimate of drug-likeness (QED) is 0.153. The second-order valence-electron chi connectivity index (χ2n) is 12.0. The van der Waals surface area contributed by atoms with Crippen LogP contribution in [0.4, 0.5) is 0 Å². The average Bonchev–Trinajstić information content (AvgIpc) is 2.84. The van der Waals surface area contributed by atoms with Crippen molar-refractivity contribution in [3.63, 3.8) is 0 Å². The first kappa shape index (κ1) is 34.5. The molecule has 1 aromatic rings. The average molecular weight is 564 g/mol. The lowest BCUT2D eigenvalue weighted by molar-refractivity contribution is -0.141. The van der Waals surface area contributed by atoms with E-state index in [0.717, 1.165) is 23.5 Å². The summed E-state index contributed by atoms with van der Waals surface area (Å²) in [6, 6.07) is 5.78. The van der Waals surface area contributed by atoms with E-state index in [1.807, 2.05) is 72.7 Å². The molecule has 3 atom stereocenters. The van der Waals surface area contributed by atoms with Crippen molar-refractivity contribution in [3.8, 4) is 5.75 Å². The molecule has 2 amide bonds. The zero-order valence-corrected chi connectivity index (χ0v) is 26.2. The van der Waals surface area contributed by atoms with Crippen molar-refractivity contribution in [1.29, 1.82) is 0 Å². The molecule has 8 nitrogen and oxygen atoms in total. The van der Waals surface area contributed by atoms with E-state index in [9.17, 15) is 19.5 Å². The minimum Gasteiger partial charge on any atom is -0.494 e. The van der Waals surface area contributed by atoms with Crippen LogP contribution in [0.5, 0.6) is 5.75 Å². The third-order valence-electron chi connectivity index (χ3n) is 7.06. The Hall–Kier alpha value is -2.52. The van der Waals surface area contributed by atoms with Gasteiger partial charge in [-0.1, -0.05) is 66.7 Å². The molecule has 0 fully saturated rings. The van der Waals surface area contributed by atoms with Crippen LogP contribution in [0.15, 0.2) is 35.9 Å². The number of rotatable bonds is 14. The number of carboxylic acids is 1. The molecule has 0 aromatic heterocycles. The first-order valence-electron chi connectivity index (χ1n) is 13.5. The molecule has 0 radical (unpaired) electrons. The number of likely N-dealkylation sites (N-methyl/N-ethyl adjacent to an activating group) is 2. The smallest absolute Gasteiger partial charge is 0.331 e. The molecular formula is C30H49N3O5S. The van der Waals surface area contributed by atoms with Gasteiger partial charge >= 0.3 is 5.97 Å². The highest BCUT2D eigenvalue weighted by Crippen LogP contribution is 2.31. The number of carboxylic acid groups (broad SMARTS) is 1. The number of hydrogen-bond donors (Lipinski definition) is 4. The largest absolute Gasteiger partial charge is 0.494 e. The molecule has 0 bridgehead atoms. The van der Waals surface area contributed by atoms with Crippen molar-refractivity contribution in [1.82, 2.24) is 15.5 Å². The molecule has 39 heavy (non-hydrogen) atoms. The SMILES string of the molecule is CN[C@H](C(=O)N[C@H](C(=O)N(C)[C@H](/C=C(\C)C(=O)O)C(C)C)C(C)(C)C)C(C)(C)c1cccc(OCCCS)c1. The van der Waals surface area contributed by atoms with Crippen molar-refractivity contribution in [2.45, 2.75) is 85.4 Å². The van der Waals surface area contributed by atoms with Gasteiger partial charge in [-0.05, 0) is 55.2 Å². The topological polar surface area (TPSA) is 108 Å². The highest BCUT2D eigenvalue weighted by Gasteiger charge is 2.41. The van der Waals surface area contributed by atoms with Crippen LogP contribution in [0.3, 0.4) is 0 Å². The van der Waals surface area contributed by atoms with Gasteiger partial charge in [-0.3, -0.25) is 9.59 Å². The zero-order valence-electron chi connectivity index (χ0n) is 25.3. The number of aliphatic carboxylic acids is 1. The summed E-state index contributed by atoms with van der Waals surface area (Å²) in [7, 11) is 3.38. The Bertz CT molecular complexity index is 1020. The third-order valence-corrected chi connectivity index (χ3v) is 7.37. The van der Waals surface area contributed by atoms with E-state index in [1.54, 1.807) is 25.1 Å². The maximum absolute atomic E-state index is 13.8. The standard InChI is InChI=1S/C30H49N3O5S/c1-19(2)23(17-20(3)28(36)37)33(10)27(35)25(29(4,5)6)32-26(34)24(31-9)30(7,8)21-13-11-14-22(18-21)38-15-12-16-39/h11,13-14,17-19,23-25,31,39H,12,15-16H2,1-10H3,(H,32,34)(H,36,37)/b20-17+/t23-,24-,25-/m1/s1. The number of ether oxygens (including phenoxy) is 1. The van der Waals surface area contributed by atoms with Crippen molar-refractivity contribution in [2.75, 3.05) is 26.5 Å². The number of nitrogens with zero attached hydrogens (tertiary/aromatic N) is 1. The van der Waals surface area contributed by atoms with Gasteiger partial charge < -0.3 is 25.4 Å². The number of amides is 2. The summed E-state index contributed by atoms with van der Waals surface area (Å²) in [5.41, 5.74) is -0.151. The van der Waals surface area contributed by atoms with E-state index in [0.29, 0.717) is 6.61 Å². The number of benzene rings is 1. The highest BCUT2D eigenvalue weighted by atomic mass is 32.1. The van der Waals surface area contributed by atoms with E-state index < -0.39 is 34.9 Å². The number of carbonyl (C=O) groups excluding carboxylic acids is 2. The van der Waals surface area contributed by atoms with Gasteiger partial charge in [-0.15, -0.1) is 0 Å². The Morgan fingerprint density at radius 3 is 2.23 bits per heavy atom. The van der Waals surface area contributed by atoms with Gasteiger partial charge in [0.25, 0.3) is 0 Å². The van der Waals surface area contributed by atoms with Crippen molar-refractivity contribution in [2.24, 2.45) is 11.3 Å². The summed E-state index contributed by atoms with van der Waals surface area (Å²) in [5, 5.41) is 15.5. The molecule has 9 heteroatoms. The Kier molecular flexibility index (Phi) is 13.0. The first-order valence-corrected chi connectivity index (χ1v) is 14.1. The lowest BCUT2D eigenvalue weighted by atomic mass is 9.76. The third kappa shape index (κ3) is 9.57. The summed E-state index contributed by atoms with van der Waals surface area (Å²) in [4.78, 5) is 40.6. The minimum atomic E-state index is -1.03. The van der Waals surface area contributed by atoms with Gasteiger partial charge in [-0.2, -0.15) is 12.6 Å². The van der Waals surface area contributed by atoms with Gasteiger partial charge in [0.05, 0.1) is 18.7 Å². The van der Waals surface area contributed by atoms with Crippen LogP contribution in [0.25, 0.3) is 0 Å². The number of carbonyl (C=O) groups is 3. The highest BCUT2D eigenvalue weighted by molar-refractivity contribution is 7.80. The van der Waals surface area contributed by atoms with E-state index >= 15 is 0 Å². The molecule has 220 valence electrons. The van der Waals surface area contributed by atoms with Gasteiger partial charge in [0.15, 0.2) is 0 Å². The van der Waals surface area contributed by atoms with Crippen molar-refractivity contribution < 1.29 is 24.2 Å². The van der Waals surface area contributed by atoms with Crippen LogP contribution in [0.1, 0.15) is 67.4 Å². The Balaban J connectivity index is 3.30. The molecule has 0 aliphatic carbocycles. The van der Waals surface area contributed by atoms with E-state index in [2.05, 4.69) is 23.3 Å². The van der Waals surface area contributed by atoms with Crippen LogP contribution in [-0.4, -0.2) is 72.4 Å². The molecule has 0 spiro atoms. The molecule has 1 rings (SSSR count). The summed E-state index contributed by atoms with van der Waals surface area (Å²) in [5.74, 6) is -0.177. The fourth-order valence-corrected chi connectivity index (χ4v) is 4.66. The monoisotopic (exact) mass is 563 g/mol. The summed E-state index contributed by atoms with van der Waals surface area (Å²) < 4.78 is 5.85. The zero-order chi connectivity index (χ0) is 30.1. The van der Waals surface area contributed by atoms with Gasteiger partial charge in [0.1, 0.15) is 11.8 Å². The molecule has 0 aliphatic rings. The fourth-order valence-electron chi connectivity index (χ4n) is 4.53.